The number of imide groups is 1. The van der Waals surface area contributed by atoms with Gasteiger partial charge in [0.1, 0.15) is 24.1 Å². The highest BCUT2D eigenvalue weighted by Crippen LogP contribution is 2.47. The lowest BCUT2D eigenvalue weighted by molar-refractivity contribution is -0.136. The molecule has 4 atom stereocenters. The third-order valence-electron chi connectivity index (χ3n) is 12.3. The first-order valence-electron chi connectivity index (χ1n) is 20.2. The predicted octanol–water partition coefficient (Wildman–Crippen LogP) is 5.87. The van der Waals surface area contributed by atoms with E-state index >= 15 is 0 Å². The van der Waals surface area contributed by atoms with E-state index in [0.717, 1.165) is 94.9 Å². The summed E-state index contributed by atoms with van der Waals surface area (Å²) in [7, 11) is 0. The number of unbranched alkanes of at least 4 members (excludes halogenated alkanes) is 1. The van der Waals surface area contributed by atoms with Gasteiger partial charge in [-0.2, -0.15) is 0 Å². The SMILES string of the molecule is O=C1CCC(N2Cc3cc(NCCCCN4CCN(CCOc5ccc([C@@H]6c7ccc(O)cc7CC[C@@H]6C6C=CC=CC6)cc5)CC4)ccc3C2=O)C(=O)N1. The number of allylic oxidation sites excluding steroid dienone is 4. The van der Waals surface area contributed by atoms with Crippen molar-refractivity contribution in [1.82, 2.24) is 20.0 Å². The van der Waals surface area contributed by atoms with Gasteiger partial charge < -0.3 is 25.0 Å². The molecule has 2 saturated heterocycles. The number of carbonyl (C=O) groups excluding carboxylic acids is 3. The van der Waals surface area contributed by atoms with E-state index in [2.05, 4.69) is 75.1 Å². The number of benzene rings is 3. The molecule has 10 heteroatoms. The van der Waals surface area contributed by atoms with Crippen molar-refractivity contribution in [3.8, 4) is 11.5 Å². The van der Waals surface area contributed by atoms with Crippen LogP contribution in [-0.2, 0) is 22.6 Å². The van der Waals surface area contributed by atoms with Crippen LogP contribution in [0.3, 0.4) is 0 Å². The molecule has 288 valence electrons. The standard InChI is InChI=1S/C45H53N5O5/c51-36-12-17-39-33(29-36)10-15-38(31-6-2-1-3-7-31)43(39)32-8-13-37(14-9-32)55-27-26-49-24-22-48(23-25-49)21-5-4-20-46-35-11-16-40-34(28-35)30-50(45(40)54)41-18-19-42(52)47-44(41)53/h1-3,6,8-9,11-14,16-17,28-29,31,38,41,43,46,51H,4-5,7,10,15,18-27,30H2,(H,47,52,53)/t31?,38-,41?,43+/m1/s1. The van der Waals surface area contributed by atoms with E-state index in [1.807, 2.05) is 30.3 Å². The Bertz CT molecular complexity index is 1930. The molecule has 0 spiro atoms. The largest absolute Gasteiger partial charge is 0.508 e. The van der Waals surface area contributed by atoms with Gasteiger partial charge in [-0.1, -0.05) is 42.5 Å². The highest BCUT2D eigenvalue weighted by Gasteiger charge is 2.39. The molecule has 0 aromatic heterocycles. The van der Waals surface area contributed by atoms with Gasteiger partial charge in [0.05, 0.1) is 0 Å². The molecule has 3 amide bonds. The lowest BCUT2D eigenvalue weighted by Gasteiger charge is -2.38. The van der Waals surface area contributed by atoms with Gasteiger partial charge in [0, 0.05) is 69.4 Å². The maximum absolute atomic E-state index is 13.0. The Labute approximate surface area is 324 Å². The van der Waals surface area contributed by atoms with Crippen LogP contribution in [0.15, 0.2) is 85.0 Å². The predicted molar refractivity (Wildman–Crippen MR) is 213 cm³/mol. The van der Waals surface area contributed by atoms with E-state index in [1.54, 1.807) is 4.90 Å². The van der Waals surface area contributed by atoms with Crippen LogP contribution in [0.2, 0.25) is 0 Å². The molecule has 8 rings (SSSR count). The number of piperazine rings is 1. The number of nitrogens with zero attached hydrogens (tertiary/aromatic N) is 3. The van der Waals surface area contributed by atoms with E-state index in [0.29, 0.717) is 48.6 Å². The van der Waals surface area contributed by atoms with E-state index in [-0.39, 0.29) is 24.1 Å². The molecular formula is C45H53N5O5. The first-order chi connectivity index (χ1) is 26.9. The van der Waals surface area contributed by atoms with E-state index < -0.39 is 6.04 Å². The highest BCUT2D eigenvalue weighted by molar-refractivity contribution is 6.05. The molecule has 3 aliphatic heterocycles. The van der Waals surface area contributed by atoms with Gasteiger partial charge in [0.25, 0.3) is 5.91 Å². The van der Waals surface area contributed by atoms with Crippen LogP contribution >= 0.6 is 0 Å². The number of ether oxygens (including phenoxy) is 1. The second-order valence-electron chi connectivity index (χ2n) is 15.8. The summed E-state index contributed by atoms with van der Waals surface area (Å²) in [6.45, 7) is 8.15. The maximum atomic E-state index is 13.0. The van der Waals surface area contributed by atoms with E-state index in [4.69, 9.17) is 4.74 Å². The molecule has 2 unspecified atom stereocenters. The van der Waals surface area contributed by atoms with Gasteiger partial charge >= 0.3 is 0 Å². The lowest BCUT2D eigenvalue weighted by atomic mass is 9.66. The number of carbonyl (C=O) groups is 3. The fourth-order valence-electron chi connectivity index (χ4n) is 9.31. The molecule has 10 nitrogen and oxygen atoms in total. The molecule has 3 aromatic carbocycles. The van der Waals surface area contributed by atoms with Gasteiger partial charge in [-0.25, -0.2) is 0 Å². The number of hydrogen-bond donors (Lipinski definition) is 3. The molecule has 55 heavy (non-hydrogen) atoms. The second kappa shape index (κ2) is 16.8. The highest BCUT2D eigenvalue weighted by atomic mass is 16.5. The van der Waals surface area contributed by atoms with E-state index in [9.17, 15) is 19.5 Å². The topological polar surface area (TPSA) is 114 Å². The van der Waals surface area contributed by atoms with Crippen molar-refractivity contribution >= 4 is 23.4 Å². The van der Waals surface area contributed by atoms with Gasteiger partial charge in [0.2, 0.25) is 11.8 Å². The van der Waals surface area contributed by atoms with Crippen molar-refractivity contribution in [2.24, 2.45) is 11.8 Å². The van der Waals surface area contributed by atoms with Crippen molar-refractivity contribution in [2.45, 2.75) is 63.5 Å². The summed E-state index contributed by atoms with van der Waals surface area (Å²) in [6, 6.07) is 19.9. The number of anilines is 1. The first kappa shape index (κ1) is 37.0. The number of hydrogen-bond acceptors (Lipinski definition) is 8. The Balaban J connectivity index is 0.736. The molecule has 5 aliphatic rings. The summed E-state index contributed by atoms with van der Waals surface area (Å²) in [6.07, 6.45) is 15.0. The average Bonchev–Trinajstić information content (AvgIpc) is 3.53. The van der Waals surface area contributed by atoms with Crippen molar-refractivity contribution < 1.29 is 24.2 Å². The zero-order valence-electron chi connectivity index (χ0n) is 31.6. The summed E-state index contributed by atoms with van der Waals surface area (Å²) >= 11 is 0. The molecule has 2 fully saturated rings. The average molecular weight is 744 g/mol. The zero-order valence-corrected chi connectivity index (χ0v) is 31.6. The number of aryl methyl sites for hydroxylation is 1. The Morgan fingerprint density at radius 2 is 1.65 bits per heavy atom. The number of rotatable bonds is 13. The van der Waals surface area contributed by atoms with Crippen molar-refractivity contribution in [1.29, 1.82) is 0 Å². The summed E-state index contributed by atoms with van der Waals surface area (Å²) < 4.78 is 6.24. The number of nitrogens with one attached hydrogen (secondary N) is 2. The molecule has 0 radical (unpaired) electrons. The third kappa shape index (κ3) is 8.50. The summed E-state index contributed by atoms with van der Waals surface area (Å²) in [5.41, 5.74) is 6.48. The molecule has 0 bridgehead atoms. The van der Waals surface area contributed by atoms with Crippen molar-refractivity contribution in [3.05, 3.63) is 113 Å². The Kier molecular flexibility index (Phi) is 11.3. The molecule has 2 aliphatic carbocycles. The van der Waals surface area contributed by atoms with E-state index in [1.165, 1.54) is 16.7 Å². The normalized spacial score (nSPS) is 24.1. The van der Waals surface area contributed by atoms with Crippen LogP contribution in [-0.4, -0.2) is 96.0 Å². The number of amides is 3. The Morgan fingerprint density at radius 3 is 2.44 bits per heavy atom. The number of aromatic hydroxyl groups is 1. The smallest absolute Gasteiger partial charge is 0.255 e. The van der Waals surface area contributed by atoms with Crippen molar-refractivity contribution in [2.75, 3.05) is 57.7 Å². The zero-order chi connectivity index (χ0) is 37.7. The van der Waals surface area contributed by atoms with Gasteiger partial charge in [-0.05, 0) is 122 Å². The number of phenolic OH excluding ortho intramolecular Hbond substituents is 1. The van der Waals surface area contributed by atoms with Gasteiger partial charge in [-0.15, -0.1) is 0 Å². The number of phenols is 1. The Morgan fingerprint density at radius 1 is 0.836 bits per heavy atom. The minimum absolute atomic E-state index is 0.140. The summed E-state index contributed by atoms with van der Waals surface area (Å²) in [4.78, 5) is 43.5. The van der Waals surface area contributed by atoms with Crippen LogP contribution < -0.4 is 15.4 Å². The molecule has 3 aromatic rings. The molecule has 3 N–H and O–H groups in total. The quantitative estimate of drug-likeness (QED) is 0.147. The van der Waals surface area contributed by atoms with Crippen LogP contribution in [0.5, 0.6) is 11.5 Å². The fourth-order valence-corrected chi connectivity index (χ4v) is 9.31. The van der Waals surface area contributed by atoms with Crippen LogP contribution in [0, 0.1) is 11.8 Å². The van der Waals surface area contributed by atoms with Gasteiger partial charge in [-0.3, -0.25) is 24.6 Å². The number of piperidine rings is 1. The van der Waals surface area contributed by atoms with Gasteiger partial charge in [0.15, 0.2) is 0 Å². The second-order valence-corrected chi connectivity index (χ2v) is 15.8. The monoisotopic (exact) mass is 743 g/mol. The minimum Gasteiger partial charge on any atom is -0.508 e. The maximum Gasteiger partial charge on any atom is 0.255 e. The van der Waals surface area contributed by atoms with Crippen molar-refractivity contribution in [3.63, 3.8) is 0 Å². The number of fused-ring (bicyclic) bond motifs is 2. The van der Waals surface area contributed by atoms with Crippen LogP contribution in [0.4, 0.5) is 5.69 Å². The Hall–Kier alpha value is -4.93. The van der Waals surface area contributed by atoms with Crippen LogP contribution in [0.1, 0.15) is 77.1 Å². The summed E-state index contributed by atoms with van der Waals surface area (Å²) in [5.74, 6) is 1.81. The molecule has 0 saturated carbocycles. The molecular weight excluding hydrogens is 691 g/mol. The van der Waals surface area contributed by atoms with Crippen LogP contribution in [0.25, 0.3) is 0 Å². The lowest BCUT2D eigenvalue weighted by Crippen LogP contribution is -2.52. The summed E-state index contributed by atoms with van der Waals surface area (Å²) in [5, 5.41) is 16.0. The first-order valence-corrected chi connectivity index (χ1v) is 20.2. The third-order valence-corrected chi connectivity index (χ3v) is 12.3. The minimum atomic E-state index is -0.590. The molecule has 3 heterocycles. The fraction of sp³-hybridized carbons (Fsp3) is 0.444.